The molecule has 3 rings (SSSR count). The predicted molar refractivity (Wildman–Crippen MR) is 91.3 cm³/mol. The second-order valence-corrected chi connectivity index (χ2v) is 6.66. The Morgan fingerprint density at radius 1 is 1.00 bits per heavy atom. The van der Waals surface area contributed by atoms with Crippen LogP contribution in [0.2, 0.25) is 0 Å². The van der Waals surface area contributed by atoms with Crippen LogP contribution in [0.1, 0.15) is 18.5 Å². The lowest BCUT2D eigenvalue weighted by atomic mass is 10.1. The predicted octanol–water partition coefficient (Wildman–Crippen LogP) is 5.16. The molecule has 110 valence electrons. The first-order chi connectivity index (χ1) is 10.1. The van der Waals surface area contributed by atoms with Gasteiger partial charge in [-0.05, 0) is 36.8 Å². The maximum absolute atomic E-state index is 5.61. The highest BCUT2D eigenvalue weighted by atomic mass is 79.9. The average molecular weight is 413 g/mol. The van der Waals surface area contributed by atoms with Crippen LogP contribution in [0.25, 0.3) is 0 Å². The van der Waals surface area contributed by atoms with Gasteiger partial charge in [-0.3, -0.25) is 0 Å². The number of nitrogens with one attached hydrogen (secondary N) is 1. The summed E-state index contributed by atoms with van der Waals surface area (Å²) in [5.41, 5.74) is 2.22. The second kappa shape index (κ2) is 6.28. The van der Waals surface area contributed by atoms with Gasteiger partial charge in [0, 0.05) is 26.7 Å². The van der Waals surface area contributed by atoms with Gasteiger partial charge >= 0.3 is 0 Å². The van der Waals surface area contributed by atoms with E-state index in [1.165, 1.54) is 5.56 Å². The fourth-order valence-electron chi connectivity index (χ4n) is 2.31. The monoisotopic (exact) mass is 411 g/mol. The molecule has 1 atom stereocenters. The SMILES string of the molecule is CC(Nc1ccc2c(c1)OCCO2)c1ccc(Br)cc1Br. The summed E-state index contributed by atoms with van der Waals surface area (Å²) in [7, 11) is 0. The van der Waals surface area contributed by atoms with Gasteiger partial charge in [-0.2, -0.15) is 0 Å². The van der Waals surface area contributed by atoms with Crippen LogP contribution in [0.4, 0.5) is 5.69 Å². The maximum atomic E-state index is 5.61. The molecule has 0 bridgehead atoms. The van der Waals surface area contributed by atoms with Gasteiger partial charge in [0.2, 0.25) is 0 Å². The van der Waals surface area contributed by atoms with Gasteiger partial charge in [0.25, 0.3) is 0 Å². The number of hydrogen-bond donors (Lipinski definition) is 1. The van der Waals surface area contributed by atoms with Gasteiger partial charge in [-0.1, -0.05) is 37.9 Å². The lowest BCUT2D eigenvalue weighted by molar-refractivity contribution is 0.171. The largest absolute Gasteiger partial charge is 0.486 e. The summed E-state index contributed by atoms with van der Waals surface area (Å²) in [4.78, 5) is 0. The molecule has 1 aliphatic rings. The Labute approximate surface area is 140 Å². The topological polar surface area (TPSA) is 30.5 Å². The molecule has 0 aliphatic carbocycles. The van der Waals surface area contributed by atoms with E-state index in [2.05, 4.69) is 56.2 Å². The Hall–Kier alpha value is -1.20. The molecule has 0 amide bonds. The molecule has 1 aliphatic heterocycles. The number of ether oxygens (including phenoxy) is 2. The summed E-state index contributed by atoms with van der Waals surface area (Å²) in [6.45, 7) is 3.34. The van der Waals surface area contributed by atoms with Crippen molar-refractivity contribution in [2.45, 2.75) is 13.0 Å². The molecule has 3 nitrogen and oxygen atoms in total. The molecule has 0 radical (unpaired) electrons. The molecule has 1 unspecified atom stereocenters. The minimum Gasteiger partial charge on any atom is -0.486 e. The first-order valence-corrected chi connectivity index (χ1v) is 8.33. The van der Waals surface area contributed by atoms with Gasteiger partial charge in [0.15, 0.2) is 11.5 Å². The molecule has 0 saturated heterocycles. The van der Waals surface area contributed by atoms with E-state index < -0.39 is 0 Å². The van der Waals surface area contributed by atoms with E-state index in [9.17, 15) is 0 Å². The third-order valence-corrected chi connectivity index (χ3v) is 4.53. The molecule has 0 fully saturated rings. The van der Waals surface area contributed by atoms with E-state index >= 15 is 0 Å². The van der Waals surface area contributed by atoms with Gasteiger partial charge in [0.1, 0.15) is 13.2 Å². The van der Waals surface area contributed by atoms with Gasteiger partial charge in [0.05, 0.1) is 0 Å². The Morgan fingerprint density at radius 2 is 1.76 bits per heavy atom. The maximum Gasteiger partial charge on any atom is 0.163 e. The molecule has 0 saturated carbocycles. The highest BCUT2D eigenvalue weighted by Crippen LogP contribution is 2.34. The number of fused-ring (bicyclic) bond motifs is 1. The molecule has 1 N–H and O–H groups in total. The number of halogens is 2. The fraction of sp³-hybridized carbons (Fsp3) is 0.250. The molecule has 21 heavy (non-hydrogen) atoms. The Balaban J connectivity index is 1.79. The van der Waals surface area contributed by atoms with Crippen molar-refractivity contribution in [1.29, 1.82) is 0 Å². The highest BCUT2D eigenvalue weighted by Gasteiger charge is 2.14. The molecule has 5 heteroatoms. The van der Waals surface area contributed by atoms with Crippen molar-refractivity contribution in [3.63, 3.8) is 0 Å². The first kappa shape index (κ1) is 14.7. The van der Waals surface area contributed by atoms with Crippen LogP contribution in [-0.4, -0.2) is 13.2 Å². The number of anilines is 1. The van der Waals surface area contributed by atoms with E-state index in [0.29, 0.717) is 13.2 Å². The summed E-state index contributed by atoms with van der Waals surface area (Å²) in [5, 5.41) is 3.49. The lowest BCUT2D eigenvalue weighted by Gasteiger charge is -2.21. The Kier molecular flexibility index (Phi) is 4.40. The van der Waals surface area contributed by atoms with Crippen molar-refractivity contribution < 1.29 is 9.47 Å². The van der Waals surface area contributed by atoms with Crippen molar-refractivity contribution in [3.05, 3.63) is 50.9 Å². The van der Waals surface area contributed by atoms with Crippen LogP contribution in [0, 0.1) is 0 Å². The van der Waals surface area contributed by atoms with E-state index in [-0.39, 0.29) is 6.04 Å². The number of rotatable bonds is 3. The van der Waals surface area contributed by atoms with Crippen molar-refractivity contribution in [2.75, 3.05) is 18.5 Å². The standard InChI is InChI=1S/C16H15Br2NO2/c1-10(13-4-2-11(17)8-14(13)18)19-12-3-5-15-16(9-12)21-7-6-20-15/h2-5,8-10,19H,6-7H2,1H3. The quantitative estimate of drug-likeness (QED) is 0.755. The summed E-state index contributed by atoms with van der Waals surface area (Å²) >= 11 is 7.08. The molecular formula is C16H15Br2NO2. The van der Waals surface area contributed by atoms with Crippen LogP contribution in [-0.2, 0) is 0 Å². The number of hydrogen-bond acceptors (Lipinski definition) is 3. The van der Waals surface area contributed by atoms with Gasteiger partial charge < -0.3 is 14.8 Å². The minimum atomic E-state index is 0.176. The van der Waals surface area contributed by atoms with Crippen LogP contribution in [0.15, 0.2) is 45.3 Å². The summed E-state index contributed by atoms with van der Waals surface area (Å²) < 4.78 is 13.3. The number of benzene rings is 2. The van der Waals surface area contributed by atoms with E-state index in [1.807, 2.05) is 24.3 Å². The first-order valence-electron chi connectivity index (χ1n) is 6.74. The van der Waals surface area contributed by atoms with Gasteiger partial charge in [-0.25, -0.2) is 0 Å². The Bertz CT molecular complexity index is 661. The normalized spacial score (nSPS) is 14.6. The minimum absolute atomic E-state index is 0.176. The Morgan fingerprint density at radius 3 is 2.52 bits per heavy atom. The molecule has 2 aromatic carbocycles. The third kappa shape index (κ3) is 3.35. The zero-order valence-electron chi connectivity index (χ0n) is 11.5. The van der Waals surface area contributed by atoms with Crippen LogP contribution < -0.4 is 14.8 Å². The van der Waals surface area contributed by atoms with Crippen LogP contribution >= 0.6 is 31.9 Å². The van der Waals surface area contributed by atoms with Crippen LogP contribution in [0.3, 0.4) is 0 Å². The molecule has 0 spiro atoms. The molecule has 0 aromatic heterocycles. The average Bonchev–Trinajstić information content (AvgIpc) is 2.47. The molecule has 2 aromatic rings. The smallest absolute Gasteiger partial charge is 0.163 e. The van der Waals surface area contributed by atoms with E-state index in [4.69, 9.17) is 9.47 Å². The van der Waals surface area contributed by atoms with E-state index in [0.717, 1.165) is 26.1 Å². The summed E-state index contributed by atoms with van der Waals surface area (Å²) in [6.07, 6.45) is 0. The zero-order valence-corrected chi connectivity index (χ0v) is 14.7. The third-order valence-electron chi connectivity index (χ3n) is 3.35. The lowest BCUT2D eigenvalue weighted by Crippen LogP contribution is -2.15. The van der Waals surface area contributed by atoms with Crippen LogP contribution in [0.5, 0.6) is 11.5 Å². The fourth-order valence-corrected chi connectivity index (χ4v) is 3.70. The van der Waals surface area contributed by atoms with Crippen molar-refractivity contribution in [2.24, 2.45) is 0 Å². The van der Waals surface area contributed by atoms with Crippen molar-refractivity contribution >= 4 is 37.5 Å². The van der Waals surface area contributed by atoms with Crippen molar-refractivity contribution in [3.8, 4) is 11.5 Å². The van der Waals surface area contributed by atoms with Crippen molar-refractivity contribution in [1.82, 2.24) is 0 Å². The zero-order chi connectivity index (χ0) is 14.8. The second-order valence-electron chi connectivity index (χ2n) is 4.89. The molecular weight excluding hydrogens is 398 g/mol. The highest BCUT2D eigenvalue weighted by molar-refractivity contribution is 9.11. The summed E-state index contributed by atoms with van der Waals surface area (Å²) in [5.74, 6) is 1.61. The molecule has 1 heterocycles. The van der Waals surface area contributed by atoms with Gasteiger partial charge in [-0.15, -0.1) is 0 Å². The van der Waals surface area contributed by atoms with E-state index in [1.54, 1.807) is 0 Å². The summed E-state index contributed by atoms with van der Waals surface area (Å²) in [6, 6.07) is 12.3.